The molecule has 3 rings (SSSR count). The van der Waals surface area contributed by atoms with E-state index >= 15 is 0 Å². The van der Waals surface area contributed by atoms with Gasteiger partial charge in [-0.15, -0.1) is 0 Å². The Labute approximate surface area is 236 Å². The Balaban J connectivity index is 1.97. The smallest absolute Gasteiger partial charge is 0.261 e. The number of rotatable bonds is 12. The van der Waals surface area contributed by atoms with E-state index in [-0.39, 0.29) is 25.0 Å². The molecule has 0 aliphatic carbocycles. The van der Waals surface area contributed by atoms with Gasteiger partial charge >= 0.3 is 0 Å². The van der Waals surface area contributed by atoms with Crippen LogP contribution in [0.1, 0.15) is 47.6 Å². The van der Waals surface area contributed by atoms with Crippen LogP contribution in [0.3, 0.4) is 0 Å². The second-order valence-corrected chi connectivity index (χ2v) is 10.4. The minimum absolute atomic E-state index is 0.0746. The first-order chi connectivity index (χ1) is 18.2. The molecular formula is C31H36Cl2N2O3. The van der Waals surface area contributed by atoms with E-state index in [0.29, 0.717) is 34.3 Å². The van der Waals surface area contributed by atoms with Gasteiger partial charge < -0.3 is 15.0 Å². The Morgan fingerprint density at radius 3 is 2.32 bits per heavy atom. The molecule has 0 radical (unpaired) electrons. The molecule has 3 aromatic rings. The van der Waals surface area contributed by atoms with Crippen molar-refractivity contribution >= 4 is 35.0 Å². The summed E-state index contributed by atoms with van der Waals surface area (Å²) in [6.45, 7) is 8.42. The van der Waals surface area contributed by atoms with E-state index < -0.39 is 6.04 Å². The third kappa shape index (κ3) is 7.99. The molecule has 0 unspecified atom stereocenters. The Kier molecular flexibility index (Phi) is 11.1. The summed E-state index contributed by atoms with van der Waals surface area (Å²) in [4.78, 5) is 28.9. The summed E-state index contributed by atoms with van der Waals surface area (Å²) in [5.41, 5.74) is 4.64. The average Bonchev–Trinajstić information content (AvgIpc) is 2.89. The van der Waals surface area contributed by atoms with Crippen LogP contribution in [-0.2, 0) is 22.6 Å². The molecule has 1 atom stereocenters. The largest absolute Gasteiger partial charge is 0.483 e. The van der Waals surface area contributed by atoms with Crippen LogP contribution < -0.4 is 10.1 Å². The van der Waals surface area contributed by atoms with Crippen LogP contribution in [0.4, 0.5) is 0 Å². The number of halogens is 2. The number of nitrogens with one attached hydrogen (secondary N) is 1. The number of hydrogen-bond acceptors (Lipinski definition) is 3. The molecular weight excluding hydrogens is 519 g/mol. The Bertz CT molecular complexity index is 1230. The zero-order valence-electron chi connectivity index (χ0n) is 22.5. The van der Waals surface area contributed by atoms with Crippen molar-refractivity contribution in [3.63, 3.8) is 0 Å². The van der Waals surface area contributed by atoms with Crippen LogP contribution in [0.25, 0.3) is 0 Å². The molecule has 2 amide bonds. The van der Waals surface area contributed by atoms with Gasteiger partial charge in [-0.2, -0.15) is 0 Å². The Morgan fingerprint density at radius 1 is 0.974 bits per heavy atom. The van der Waals surface area contributed by atoms with Crippen LogP contribution in [0.15, 0.2) is 60.7 Å². The van der Waals surface area contributed by atoms with Gasteiger partial charge in [-0.25, -0.2) is 0 Å². The molecule has 0 aromatic heterocycles. The number of hydrogen-bond donors (Lipinski definition) is 1. The van der Waals surface area contributed by atoms with Crippen LogP contribution in [0.5, 0.6) is 5.75 Å². The monoisotopic (exact) mass is 554 g/mol. The maximum absolute atomic E-state index is 13.8. The fourth-order valence-electron chi connectivity index (χ4n) is 4.29. The molecule has 7 heteroatoms. The summed E-state index contributed by atoms with van der Waals surface area (Å²) in [5.74, 6) is 0.103. The normalized spacial score (nSPS) is 11.6. The number of aryl methyl sites for hydroxylation is 2. The van der Waals surface area contributed by atoms with E-state index in [1.165, 1.54) is 0 Å². The predicted octanol–water partition coefficient (Wildman–Crippen LogP) is 6.85. The number of unbranched alkanes of at least 4 members (excludes halogenated alkanes) is 1. The lowest BCUT2D eigenvalue weighted by molar-refractivity contribution is -0.142. The molecule has 0 heterocycles. The standard InChI is InChI=1S/C31H36Cl2N2O3/c1-5-6-15-34-31(37)28(18-24-11-8-7-9-12-24)35(19-25-26(32)13-10-14-27(25)33)30(36)20-38-29-17-21(2)16-22(3)23(29)4/h7-14,16-17,28H,5-6,15,18-20H2,1-4H3,(H,34,37)/t28-/m0/s1. The third-order valence-electron chi connectivity index (χ3n) is 6.61. The van der Waals surface area contributed by atoms with Gasteiger partial charge in [0, 0.05) is 35.1 Å². The molecule has 0 aliphatic heterocycles. The van der Waals surface area contributed by atoms with Crippen molar-refractivity contribution in [3.8, 4) is 5.75 Å². The van der Waals surface area contributed by atoms with Crippen LogP contribution in [0, 0.1) is 20.8 Å². The van der Waals surface area contributed by atoms with E-state index in [9.17, 15) is 9.59 Å². The first-order valence-corrected chi connectivity index (χ1v) is 13.7. The lowest BCUT2D eigenvalue weighted by Crippen LogP contribution is -2.52. The molecule has 3 aromatic carbocycles. The van der Waals surface area contributed by atoms with Crippen LogP contribution in [0.2, 0.25) is 10.0 Å². The number of ether oxygens (including phenoxy) is 1. The molecule has 1 N–H and O–H groups in total. The lowest BCUT2D eigenvalue weighted by atomic mass is 10.0. The number of amides is 2. The summed E-state index contributed by atoms with van der Waals surface area (Å²) in [7, 11) is 0. The highest BCUT2D eigenvalue weighted by Gasteiger charge is 2.31. The minimum atomic E-state index is -0.780. The highest BCUT2D eigenvalue weighted by atomic mass is 35.5. The maximum Gasteiger partial charge on any atom is 0.261 e. The first-order valence-electron chi connectivity index (χ1n) is 13.0. The van der Waals surface area contributed by atoms with Gasteiger partial charge in [0.05, 0.1) is 0 Å². The molecule has 5 nitrogen and oxygen atoms in total. The summed E-state index contributed by atoms with van der Waals surface area (Å²) < 4.78 is 6.03. The van der Waals surface area contributed by atoms with Crippen molar-refractivity contribution in [3.05, 3.63) is 98.5 Å². The van der Waals surface area contributed by atoms with Crippen molar-refractivity contribution < 1.29 is 14.3 Å². The Morgan fingerprint density at radius 2 is 1.66 bits per heavy atom. The summed E-state index contributed by atoms with van der Waals surface area (Å²) in [6.07, 6.45) is 2.14. The molecule has 0 aliphatic rings. The van der Waals surface area contributed by atoms with Crippen molar-refractivity contribution in [2.75, 3.05) is 13.2 Å². The van der Waals surface area contributed by atoms with E-state index in [1.807, 2.05) is 57.2 Å². The fourth-order valence-corrected chi connectivity index (χ4v) is 4.80. The minimum Gasteiger partial charge on any atom is -0.483 e. The third-order valence-corrected chi connectivity index (χ3v) is 7.31. The number of benzene rings is 3. The predicted molar refractivity (Wildman–Crippen MR) is 155 cm³/mol. The van der Waals surface area contributed by atoms with Crippen LogP contribution >= 0.6 is 23.2 Å². The summed E-state index contributed by atoms with van der Waals surface area (Å²) in [5, 5.41) is 3.89. The number of carbonyl (C=O) groups excluding carboxylic acids is 2. The molecule has 0 bridgehead atoms. The SMILES string of the molecule is CCCCNC(=O)[C@H](Cc1ccccc1)N(Cc1c(Cl)cccc1Cl)C(=O)COc1cc(C)cc(C)c1C. The Hall–Kier alpha value is -3.02. The molecule has 0 spiro atoms. The quantitative estimate of drug-likeness (QED) is 0.249. The molecule has 0 fully saturated rings. The number of nitrogens with zero attached hydrogens (tertiary/aromatic N) is 1. The zero-order chi connectivity index (χ0) is 27.7. The van der Waals surface area contributed by atoms with E-state index in [1.54, 1.807) is 23.1 Å². The van der Waals surface area contributed by atoms with Crippen LogP contribution in [-0.4, -0.2) is 35.9 Å². The summed E-state index contributed by atoms with van der Waals surface area (Å²) >= 11 is 13.0. The second kappa shape index (κ2) is 14.2. The lowest BCUT2D eigenvalue weighted by Gasteiger charge is -2.32. The van der Waals surface area contributed by atoms with E-state index in [2.05, 4.69) is 18.3 Å². The van der Waals surface area contributed by atoms with Gasteiger partial charge in [-0.05, 0) is 67.6 Å². The molecule has 202 valence electrons. The van der Waals surface area contributed by atoms with Gasteiger partial charge in [-0.1, -0.05) is 79.0 Å². The van der Waals surface area contributed by atoms with Gasteiger partial charge in [0.15, 0.2) is 6.61 Å². The van der Waals surface area contributed by atoms with Crippen molar-refractivity contribution in [1.29, 1.82) is 0 Å². The van der Waals surface area contributed by atoms with E-state index in [0.717, 1.165) is 35.1 Å². The average molecular weight is 556 g/mol. The maximum atomic E-state index is 13.8. The number of carbonyl (C=O) groups is 2. The molecule has 0 saturated carbocycles. The van der Waals surface area contributed by atoms with Gasteiger partial charge in [0.1, 0.15) is 11.8 Å². The van der Waals surface area contributed by atoms with Gasteiger partial charge in [0.25, 0.3) is 5.91 Å². The zero-order valence-corrected chi connectivity index (χ0v) is 24.0. The van der Waals surface area contributed by atoms with Gasteiger partial charge in [-0.3, -0.25) is 9.59 Å². The molecule has 0 saturated heterocycles. The van der Waals surface area contributed by atoms with Gasteiger partial charge in [0.2, 0.25) is 5.91 Å². The molecule has 38 heavy (non-hydrogen) atoms. The highest BCUT2D eigenvalue weighted by molar-refractivity contribution is 6.36. The first kappa shape index (κ1) is 29.5. The van der Waals surface area contributed by atoms with Crippen molar-refractivity contribution in [2.45, 2.75) is 59.5 Å². The highest BCUT2D eigenvalue weighted by Crippen LogP contribution is 2.28. The van der Waals surface area contributed by atoms with Crippen molar-refractivity contribution in [2.24, 2.45) is 0 Å². The second-order valence-electron chi connectivity index (χ2n) is 9.57. The summed E-state index contributed by atoms with van der Waals surface area (Å²) in [6, 6.07) is 18.1. The fraction of sp³-hybridized carbons (Fsp3) is 0.355. The van der Waals surface area contributed by atoms with E-state index in [4.69, 9.17) is 27.9 Å². The topological polar surface area (TPSA) is 58.6 Å². The van der Waals surface area contributed by atoms with Crippen molar-refractivity contribution in [1.82, 2.24) is 10.2 Å².